The van der Waals surface area contributed by atoms with E-state index in [4.69, 9.17) is 10.8 Å². The fraction of sp³-hybridized carbons (Fsp3) is 0.500. The molecule has 0 saturated heterocycles. The maximum Gasteiger partial charge on any atom is 0.206 e. The van der Waals surface area contributed by atoms with Crippen molar-refractivity contribution in [3.63, 3.8) is 0 Å². The highest BCUT2D eigenvalue weighted by molar-refractivity contribution is 5.29. The van der Waals surface area contributed by atoms with Gasteiger partial charge < -0.3 is 15.6 Å². The molecule has 0 amide bonds. The molecule has 114 valence electrons. The second kappa shape index (κ2) is 6.36. The number of benzene rings is 1. The van der Waals surface area contributed by atoms with Crippen LogP contribution in [0.2, 0.25) is 0 Å². The van der Waals surface area contributed by atoms with Crippen LogP contribution < -0.4 is 10.5 Å². The molecule has 0 bridgehead atoms. The molecule has 0 spiro atoms. The van der Waals surface area contributed by atoms with E-state index in [2.05, 4.69) is 4.74 Å². The lowest BCUT2D eigenvalue weighted by molar-refractivity contribution is 0.185. The molecule has 0 aliphatic carbocycles. The number of aliphatic hydroxyl groups excluding tert-OH is 1. The van der Waals surface area contributed by atoms with Crippen LogP contribution >= 0.6 is 0 Å². The molecule has 0 fully saturated rings. The van der Waals surface area contributed by atoms with Crippen molar-refractivity contribution < 1.29 is 31.8 Å². The molecule has 0 aliphatic rings. The predicted octanol–water partition coefficient (Wildman–Crippen LogP) is 2.25. The summed E-state index contributed by atoms with van der Waals surface area (Å²) in [5.74, 6) is -11.7. The first kappa shape index (κ1) is 16.6. The lowest BCUT2D eigenvalue weighted by Crippen LogP contribution is -2.40. The van der Waals surface area contributed by atoms with Crippen LogP contribution in [0.3, 0.4) is 0 Å². The molecule has 1 rings (SSSR count). The fourth-order valence-corrected chi connectivity index (χ4v) is 1.44. The van der Waals surface area contributed by atoms with Gasteiger partial charge in [-0.3, -0.25) is 0 Å². The third-order valence-electron chi connectivity index (χ3n) is 2.67. The van der Waals surface area contributed by atoms with Gasteiger partial charge in [-0.1, -0.05) is 0 Å². The third kappa shape index (κ3) is 3.57. The molecule has 1 aromatic carbocycles. The van der Waals surface area contributed by atoms with Crippen molar-refractivity contribution in [1.29, 1.82) is 0 Å². The van der Waals surface area contributed by atoms with Crippen molar-refractivity contribution in [3.05, 3.63) is 29.1 Å². The highest BCUT2D eigenvalue weighted by Crippen LogP contribution is 2.29. The smallest absolute Gasteiger partial charge is 0.206 e. The van der Waals surface area contributed by atoms with Crippen LogP contribution in [-0.4, -0.2) is 23.9 Å². The van der Waals surface area contributed by atoms with Crippen LogP contribution in [0, 0.1) is 29.1 Å². The van der Waals surface area contributed by atoms with Crippen LogP contribution in [0.4, 0.5) is 22.0 Å². The van der Waals surface area contributed by atoms with Crippen molar-refractivity contribution in [2.45, 2.75) is 25.3 Å². The van der Waals surface area contributed by atoms with E-state index in [9.17, 15) is 22.0 Å². The van der Waals surface area contributed by atoms with E-state index < -0.39 is 40.4 Å². The SMILES string of the molecule is CC(N)(CO)CCCOc1c(F)c(F)c(F)c(F)c1F. The summed E-state index contributed by atoms with van der Waals surface area (Å²) in [5.41, 5.74) is 4.70. The zero-order valence-corrected chi connectivity index (χ0v) is 10.7. The highest BCUT2D eigenvalue weighted by Gasteiger charge is 2.27. The summed E-state index contributed by atoms with van der Waals surface area (Å²) in [7, 11) is 0. The molecular formula is C12H14F5NO2. The molecule has 3 nitrogen and oxygen atoms in total. The van der Waals surface area contributed by atoms with Crippen molar-refractivity contribution in [2.24, 2.45) is 5.73 Å². The number of hydrogen-bond acceptors (Lipinski definition) is 3. The molecular weight excluding hydrogens is 285 g/mol. The van der Waals surface area contributed by atoms with Gasteiger partial charge in [-0.2, -0.15) is 8.78 Å². The number of ether oxygens (including phenoxy) is 1. The molecule has 3 N–H and O–H groups in total. The molecule has 0 radical (unpaired) electrons. The molecule has 0 heterocycles. The summed E-state index contributed by atoms with van der Waals surface area (Å²) >= 11 is 0. The normalized spacial score (nSPS) is 14.2. The van der Waals surface area contributed by atoms with E-state index in [1.165, 1.54) is 0 Å². The first-order chi connectivity index (χ1) is 9.21. The molecule has 1 aromatic rings. The van der Waals surface area contributed by atoms with E-state index in [-0.39, 0.29) is 26.1 Å². The van der Waals surface area contributed by atoms with Crippen LogP contribution in [0.15, 0.2) is 0 Å². The summed E-state index contributed by atoms with van der Waals surface area (Å²) in [4.78, 5) is 0. The Morgan fingerprint density at radius 3 is 1.90 bits per heavy atom. The van der Waals surface area contributed by atoms with Crippen LogP contribution in [0.1, 0.15) is 19.8 Å². The van der Waals surface area contributed by atoms with Gasteiger partial charge in [0.05, 0.1) is 13.2 Å². The number of hydrogen-bond donors (Lipinski definition) is 2. The van der Waals surface area contributed by atoms with Gasteiger partial charge in [-0.25, -0.2) is 13.2 Å². The van der Waals surface area contributed by atoms with Gasteiger partial charge in [-0.15, -0.1) is 0 Å². The lowest BCUT2D eigenvalue weighted by atomic mass is 9.99. The molecule has 0 aliphatic heterocycles. The molecule has 8 heteroatoms. The predicted molar refractivity (Wildman–Crippen MR) is 60.6 cm³/mol. The quantitative estimate of drug-likeness (QED) is 0.367. The highest BCUT2D eigenvalue weighted by atomic mass is 19.2. The van der Waals surface area contributed by atoms with Crippen LogP contribution in [-0.2, 0) is 0 Å². The van der Waals surface area contributed by atoms with Gasteiger partial charge in [0.25, 0.3) is 0 Å². The summed E-state index contributed by atoms with van der Waals surface area (Å²) < 4.78 is 69.5. The third-order valence-corrected chi connectivity index (χ3v) is 2.67. The second-order valence-electron chi connectivity index (χ2n) is 4.66. The summed E-state index contributed by atoms with van der Waals surface area (Å²) in [6, 6.07) is 0. The van der Waals surface area contributed by atoms with E-state index in [1.807, 2.05) is 0 Å². The van der Waals surface area contributed by atoms with Crippen LogP contribution in [0.5, 0.6) is 5.75 Å². The Morgan fingerprint density at radius 1 is 1.00 bits per heavy atom. The van der Waals surface area contributed by atoms with Gasteiger partial charge in [0.15, 0.2) is 5.75 Å². The molecule has 0 saturated carbocycles. The van der Waals surface area contributed by atoms with Gasteiger partial charge in [0.2, 0.25) is 29.1 Å². The van der Waals surface area contributed by atoms with Crippen molar-refractivity contribution in [2.75, 3.05) is 13.2 Å². The first-order valence-corrected chi connectivity index (χ1v) is 5.75. The molecule has 1 atom stereocenters. The maximum absolute atomic E-state index is 13.2. The van der Waals surface area contributed by atoms with Gasteiger partial charge >= 0.3 is 0 Å². The minimum Gasteiger partial charge on any atom is -0.487 e. The summed E-state index contributed by atoms with van der Waals surface area (Å²) in [6.45, 7) is 0.937. The molecule has 20 heavy (non-hydrogen) atoms. The first-order valence-electron chi connectivity index (χ1n) is 5.75. The Balaban J connectivity index is 2.75. The Bertz CT molecular complexity index is 464. The average molecular weight is 299 g/mol. The Kier molecular flexibility index (Phi) is 5.29. The summed E-state index contributed by atoms with van der Waals surface area (Å²) in [6.07, 6.45) is 0.423. The van der Waals surface area contributed by atoms with Crippen LogP contribution in [0.25, 0.3) is 0 Å². The van der Waals surface area contributed by atoms with Crippen molar-refractivity contribution in [3.8, 4) is 5.75 Å². The number of rotatable bonds is 6. The van der Waals surface area contributed by atoms with E-state index in [1.54, 1.807) is 6.92 Å². The monoisotopic (exact) mass is 299 g/mol. The zero-order chi connectivity index (χ0) is 15.5. The molecule has 1 unspecified atom stereocenters. The number of aliphatic hydroxyl groups is 1. The zero-order valence-electron chi connectivity index (χ0n) is 10.7. The minimum atomic E-state index is -2.23. The topological polar surface area (TPSA) is 55.5 Å². The average Bonchev–Trinajstić information content (AvgIpc) is 2.42. The Morgan fingerprint density at radius 2 is 1.45 bits per heavy atom. The van der Waals surface area contributed by atoms with E-state index in [0.717, 1.165) is 0 Å². The second-order valence-corrected chi connectivity index (χ2v) is 4.66. The Labute approximate surface area is 112 Å². The van der Waals surface area contributed by atoms with Gasteiger partial charge in [0, 0.05) is 5.54 Å². The van der Waals surface area contributed by atoms with Crippen molar-refractivity contribution >= 4 is 0 Å². The Hall–Kier alpha value is -1.41. The van der Waals surface area contributed by atoms with E-state index in [0.29, 0.717) is 0 Å². The number of halogens is 5. The van der Waals surface area contributed by atoms with E-state index >= 15 is 0 Å². The van der Waals surface area contributed by atoms with Gasteiger partial charge in [-0.05, 0) is 19.8 Å². The lowest BCUT2D eigenvalue weighted by Gasteiger charge is -2.21. The van der Waals surface area contributed by atoms with Crippen molar-refractivity contribution in [1.82, 2.24) is 0 Å². The number of nitrogens with two attached hydrogens (primary N) is 1. The fourth-order valence-electron chi connectivity index (χ4n) is 1.44. The van der Waals surface area contributed by atoms with Gasteiger partial charge in [0.1, 0.15) is 0 Å². The standard InChI is InChI=1S/C12H14F5NO2/c1-12(18,5-19)3-2-4-20-11-9(16)7(14)6(13)8(15)10(11)17/h19H,2-5,18H2,1H3. The minimum absolute atomic E-state index is 0.174. The molecule has 0 aromatic heterocycles. The largest absolute Gasteiger partial charge is 0.487 e. The summed E-state index contributed by atoms with van der Waals surface area (Å²) in [5, 5.41) is 8.88. The maximum atomic E-state index is 13.2.